The standard InChI is InChI=1S/C7H9N2O2.C2H6O/c1-6-7(5-10)8-3-4-9(6)11-2;1-3-2/h3-5H,1-2H3;1-2H3/q+1;. The highest BCUT2D eigenvalue weighted by Gasteiger charge is 2.11. The normalized spacial score (nSPS) is 8.57. The van der Waals surface area contributed by atoms with Crippen molar-refractivity contribution in [3.8, 4) is 0 Å². The Kier molecular flexibility index (Phi) is 6.22. The number of rotatable bonds is 2. The first-order valence-corrected chi connectivity index (χ1v) is 3.98. The van der Waals surface area contributed by atoms with Crippen LogP contribution in [0.25, 0.3) is 0 Å². The van der Waals surface area contributed by atoms with E-state index < -0.39 is 0 Å². The molecule has 14 heavy (non-hydrogen) atoms. The number of carbonyl (C=O) groups is 1. The molecule has 1 aromatic rings. The Balaban J connectivity index is 0.000000500. The van der Waals surface area contributed by atoms with Crippen molar-refractivity contribution in [1.82, 2.24) is 4.98 Å². The van der Waals surface area contributed by atoms with Crippen LogP contribution in [0.3, 0.4) is 0 Å². The summed E-state index contributed by atoms with van der Waals surface area (Å²) >= 11 is 0. The molecule has 0 spiro atoms. The van der Waals surface area contributed by atoms with Gasteiger partial charge in [0.15, 0.2) is 12.0 Å². The summed E-state index contributed by atoms with van der Waals surface area (Å²) in [5.41, 5.74) is 1.10. The molecule has 1 heterocycles. The minimum absolute atomic E-state index is 0.398. The first kappa shape index (κ1) is 12.5. The fourth-order valence-corrected chi connectivity index (χ4v) is 0.806. The van der Waals surface area contributed by atoms with Gasteiger partial charge >= 0.3 is 0 Å². The summed E-state index contributed by atoms with van der Waals surface area (Å²) in [6.45, 7) is 1.76. The number of ether oxygens (including phenoxy) is 1. The second kappa shape index (κ2) is 6.97. The van der Waals surface area contributed by atoms with Crippen LogP contribution in [0.5, 0.6) is 0 Å². The Morgan fingerprint density at radius 1 is 1.43 bits per heavy atom. The van der Waals surface area contributed by atoms with E-state index in [-0.39, 0.29) is 0 Å². The highest BCUT2D eigenvalue weighted by molar-refractivity contribution is 5.72. The number of hydrogen-bond donors (Lipinski definition) is 0. The van der Waals surface area contributed by atoms with Crippen LogP contribution >= 0.6 is 0 Å². The molecule has 1 rings (SSSR count). The lowest BCUT2D eigenvalue weighted by Crippen LogP contribution is -2.44. The number of aromatic nitrogens is 2. The van der Waals surface area contributed by atoms with Crippen molar-refractivity contribution in [3.05, 3.63) is 23.8 Å². The van der Waals surface area contributed by atoms with Gasteiger partial charge in [0, 0.05) is 25.9 Å². The van der Waals surface area contributed by atoms with Crippen LogP contribution in [0.15, 0.2) is 12.4 Å². The predicted molar refractivity (Wildman–Crippen MR) is 50.0 cm³/mol. The summed E-state index contributed by atoms with van der Waals surface area (Å²) in [5.74, 6) is 0. The maximum absolute atomic E-state index is 10.4. The van der Waals surface area contributed by atoms with E-state index in [0.29, 0.717) is 17.7 Å². The number of hydrogen-bond acceptors (Lipinski definition) is 4. The smallest absolute Gasteiger partial charge is 0.260 e. The molecule has 0 atom stereocenters. The maximum Gasteiger partial charge on any atom is 0.260 e. The van der Waals surface area contributed by atoms with Crippen molar-refractivity contribution in [2.75, 3.05) is 21.3 Å². The van der Waals surface area contributed by atoms with Gasteiger partial charge in [-0.3, -0.25) is 9.63 Å². The molecule has 0 saturated heterocycles. The molecule has 0 aliphatic carbocycles. The lowest BCUT2D eigenvalue weighted by molar-refractivity contribution is -0.890. The van der Waals surface area contributed by atoms with Crippen LogP contribution in [0, 0.1) is 6.92 Å². The van der Waals surface area contributed by atoms with Crippen LogP contribution < -0.4 is 9.57 Å². The molecule has 5 nitrogen and oxygen atoms in total. The van der Waals surface area contributed by atoms with Crippen LogP contribution in [0.4, 0.5) is 0 Å². The third kappa shape index (κ3) is 3.49. The monoisotopic (exact) mass is 199 g/mol. The molecule has 0 saturated carbocycles. The quantitative estimate of drug-likeness (QED) is 0.489. The van der Waals surface area contributed by atoms with Gasteiger partial charge in [-0.15, -0.1) is 0 Å². The fourth-order valence-electron chi connectivity index (χ4n) is 0.806. The Morgan fingerprint density at radius 3 is 2.43 bits per heavy atom. The molecule has 0 aliphatic rings. The summed E-state index contributed by atoms with van der Waals surface area (Å²) in [4.78, 5) is 19.1. The van der Waals surface area contributed by atoms with Crippen LogP contribution in [-0.2, 0) is 4.74 Å². The van der Waals surface area contributed by atoms with Gasteiger partial charge in [0.2, 0.25) is 6.20 Å². The predicted octanol–water partition coefficient (Wildman–Crippen LogP) is -0.189. The van der Waals surface area contributed by atoms with Crippen molar-refractivity contribution in [1.29, 1.82) is 0 Å². The van der Waals surface area contributed by atoms with E-state index in [1.54, 1.807) is 27.3 Å². The highest BCUT2D eigenvalue weighted by Crippen LogP contribution is 1.91. The summed E-state index contributed by atoms with van der Waals surface area (Å²) in [5, 5.41) is 0. The molecule has 0 fully saturated rings. The van der Waals surface area contributed by atoms with Gasteiger partial charge in [0.25, 0.3) is 5.69 Å². The average molecular weight is 199 g/mol. The lowest BCUT2D eigenvalue weighted by atomic mass is 10.3. The van der Waals surface area contributed by atoms with Gasteiger partial charge in [0.1, 0.15) is 7.11 Å². The van der Waals surface area contributed by atoms with E-state index in [9.17, 15) is 4.79 Å². The second-order valence-corrected chi connectivity index (χ2v) is 2.43. The minimum Gasteiger partial charge on any atom is -0.388 e. The van der Waals surface area contributed by atoms with Crippen molar-refractivity contribution in [2.45, 2.75) is 6.92 Å². The highest BCUT2D eigenvalue weighted by atomic mass is 16.6. The zero-order valence-corrected chi connectivity index (χ0v) is 8.85. The van der Waals surface area contributed by atoms with E-state index in [0.717, 1.165) is 0 Å². The van der Waals surface area contributed by atoms with Crippen LogP contribution in [0.2, 0.25) is 0 Å². The van der Waals surface area contributed by atoms with Gasteiger partial charge in [-0.2, -0.15) is 0 Å². The van der Waals surface area contributed by atoms with E-state index in [4.69, 9.17) is 4.84 Å². The zero-order valence-electron chi connectivity index (χ0n) is 8.85. The van der Waals surface area contributed by atoms with Crippen molar-refractivity contribution in [2.24, 2.45) is 0 Å². The Labute approximate surface area is 83.3 Å². The van der Waals surface area contributed by atoms with Gasteiger partial charge < -0.3 is 4.74 Å². The van der Waals surface area contributed by atoms with Crippen molar-refractivity contribution < 1.29 is 19.1 Å². The molecule has 78 valence electrons. The molecule has 0 unspecified atom stereocenters. The van der Waals surface area contributed by atoms with Crippen LogP contribution in [-0.4, -0.2) is 32.6 Å². The molecule has 0 amide bonds. The molecule has 1 aromatic heterocycles. The molecule has 0 bridgehead atoms. The zero-order chi connectivity index (χ0) is 11.0. The SMILES string of the molecule is COC.CO[n+]1ccnc(C=O)c1C. The maximum atomic E-state index is 10.4. The summed E-state index contributed by atoms with van der Waals surface area (Å²) in [7, 11) is 4.78. The second-order valence-electron chi connectivity index (χ2n) is 2.43. The van der Waals surface area contributed by atoms with Gasteiger partial charge in [0.05, 0.1) is 6.20 Å². The van der Waals surface area contributed by atoms with Crippen LogP contribution in [0.1, 0.15) is 16.2 Å². The molecular formula is C9H15N2O3+. The van der Waals surface area contributed by atoms with Gasteiger partial charge in [-0.05, 0) is 0 Å². The van der Waals surface area contributed by atoms with Gasteiger partial charge in [-0.25, -0.2) is 4.98 Å². The van der Waals surface area contributed by atoms with Gasteiger partial charge in [-0.1, -0.05) is 0 Å². The number of carbonyl (C=O) groups excluding carboxylic acids is 1. The molecule has 0 aliphatic heterocycles. The molecule has 0 aromatic carbocycles. The first-order valence-electron chi connectivity index (χ1n) is 3.98. The number of aldehydes is 1. The fraction of sp³-hybridized carbons (Fsp3) is 0.444. The Morgan fingerprint density at radius 2 is 2.00 bits per heavy atom. The van der Waals surface area contributed by atoms with E-state index in [1.165, 1.54) is 18.0 Å². The largest absolute Gasteiger partial charge is 0.388 e. The Bertz CT molecular complexity index is 289. The number of methoxy groups -OCH3 is 1. The molecule has 0 radical (unpaired) electrons. The van der Waals surface area contributed by atoms with Crippen molar-refractivity contribution in [3.63, 3.8) is 0 Å². The minimum atomic E-state index is 0.398. The Hall–Kier alpha value is -1.49. The third-order valence-electron chi connectivity index (χ3n) is 1.43. The number of nitrogens with zero attached hydrogens (tertiary/aromatic N) is 2. The van der Waals surface area contributed by atoms with E-state index in [1.807, 2.05) is 0 Å². The van der Waals surface area contributed by atoms with E-state index in [2.05, 4.69) is 9.72 Å². The van der Waals surface area contributed by atoms with Crippen molar-refractivity contribution >= 4 is 6.29 Å². The average Bonchev–Trinajstić information content (AvgIpc) is 2.19. The first-order chi connectivity index (χ1) is 6.71. The molecule has 5 heteroatoms. The molecule has 0 N–H and O–H groups in total. The van der Waals surface area contributed by atoms with E-state index >= 15 is 0 Å². The topological polar surface area (TPSA) is 52.3 Å². The summed E-state index contributed by atoms with van der Waals surface area (Å²) in [6.07, 6.45) is 3.85. The molecular weight excluding hydrogens is 184 g/mol. The summed E-state index contributed by atoms with van der Waals surface area (Å²) in [6, 6.07) is 0. The third-order valence-corrected chi connectivity index (χ3v) is 1.43. The summed E-state index contributed by atoms with van der Waals surface area (Å²) < 4.78 is 5.73. The lowest BCUT2D eigenvalue weighted by Gasteiger charge is -1.94.